The molecule has 0 bridgehead atoms. The summed E-state index contributed by atoms with van der Waals surface area (Å²) in [6.45, 7) is 8.29. The summed E-state index contributed by atoms with van der Waals surface area (Å²) in [6, 6.07) is 0.345. The largest absolute Gasteiger partial charge is 0.378 e. The van der Waals surface area contributed by atoms with Gasteiger partial charge in [0.25, 0.3) is 0 Å². The molecular formula is C17H29N5O2S. The van der Waals surface area contributed by atoms with Crippen LogP contribution in [0.2, 0.25) is 0 Å². The molecule has 0 radical (unpaired) electrons. The molecule has 1 aliphatic carbocycles. The first kappa shape index (κ1) is 18.5. The quantitative estimate of drug-likeness (QED) is 0.775. The van der Waals surface area contributed by atoms with Gasteiger partial charge in [0.05, 0.1) is 19.0 Å². The van der Waals surface area contributed by atoms with Gasteiger partial charge in [0.2, 0.25) is 11.9 Å². The molecule has 2 heterocycles. The lowest BCUT2D eigenvalue weighted by Gasteiger charge is -2.27. The fraction of sp³-hybridized carbons (Fsp3) is 0.824. The van der Waals surface area contributed by atoms with Crippen LogP contribution in [0.1, 0.15) is 39.5 Å². The van der Waals surface area contributed by atoms with E-state index in [4.69, 9.17) is 4.74 Å². The Labute approximate surface area is 153 Å². The smallest absolute Gasteiger partial charge is 0.230 e. The van der Waals surface area contributed by atoms with Crippen molar-refractivity contribution in [2.45, 2.75) is 57.3 Å². The number of aromatic nitrogens is 3. The number of carbonyl (C=O) groups is 1. The van der Waals surface area contributed by atoms with Crippen LogP contribution >= 0.6 is 11.8 Å². The number of thioether (sulfide) groups is 1. The van der Waals surface area contributed by atoms with Crippen LogP contribution in [-0.2, 0) is 16.1 Å². The molecule has 3 rings (SSSR count). The van der Waals surface area contributed by atoms with E-state index in [2.05, 4.69) is 38.8 Å². The van der Waals surface area contributed by atoms with Crippen molar-refractivity contribution >= 4 is 23.6 Å². The van der Waals surface area contributed by atoms with Gasteiger partial charge in [0.1, 0.15) is 0 Å². The number of hydrogen-bond acceptors (Lipinski definition) is 6. The van der Waals surface area contributed by atoms with E-state index in [-0.39, 0.29) is 5.91 Å². The van der Waals surface area contributed by atoms with E-state index < -0.39 is 0 Å². The normalized spacial score (nSPS) is 24.3. The van der Waals surface area contributed by atoms with Gasteiger partial charge in [-0.05, 0) is 38.5 Å². The van der Waals surface area contributed by atoms with E-state index >= 15 is 0 Å². The number of rotatable bonds is 6. The molecule has 0 unspecified atom stereocenters. The lowest BCUT2D eigenvalue weighted by atomic mass is 9.87. The Morgan fingerprint density at radius 2 is 1.96 bits per heavy atom. The van der Waals surface area contributed by atoms with Gasteiger partial charge in [-0.25, -0.2) is 0 Å². The number of hydrogen-bond donors (Lipinski definition) is 1. The predicted octanol–water partition coefficient (Wildman–Crippen LogP) is 1.92. The molecule has 1 amide bonds. The molecule has 1 saturated carbocycles. The van der Waals surface area contributed by atoms with Gasteiger partial charge in [-0.1, -0.05) is 18.7 Å². The van der Waals surface area contributed by atoms with E-state index in [9.17, 15) is 4.79 Å². The first-order chi connectivity index (χ1) is 12.2. The van der Waals surface area contributed by atoms with Gasteiger partial charge in [-0.15, -0.1) is 10.2 Å². The Hall–Kier alpha value is -1.28. The number of amides is 1. The number of nitrogens with one attached hydrogen (secondary N) is 1. The van der Waals surface area contributed by atoms with Crippen LogP contribution in [0.25, 0.3) is 0 Å². The Morgan fingerprint density at radius 3 is 2.64 bits per heavy atom. The van der Waals surface area contributed by atoms with Crippen molar-refractivity contribution in [1.82, 2.24) is 20.1 Å². The van der Waals surface area contributed by atoms with Crippen LogP contribution in [0.5, 0.6) is 0 Å². The maximum atomic E-state index is 12.3. The fourth-order valence-corrected chi connectivity index (χ4v) is 4.27. The van der Waals surface area contributed by atoms with Gasteiger partial charge in [-0.3, -0.25) is 9.36 Å². The van der Waals surface area contributed by atoms with Crippen molar-refractivity contribution in [3.05, 3.63) is 0 Å². The van der Waals surface area contributed by atoms with Crippen molar-refractivity contribution in [1.29, 1.82) is 0 Å². The zero-order valence-electron chi connectivity index (χ0n) is 15.2. The summed E-state index contributed by atoms with van der Waals surface area (Å²) in [5.74, 6) is 2.18. The minimum absolute atomic E-state index is 0.100. The van der Waals surface area contributed by atoms with Crippen LogP contribution in [0.15, 0.2) is 5.16 Å². The fourth-order valence-electron chi connectivity index (χ4n) is 3.47. The topological polar surface area (TPSA) is 72.3 Å². The lowest BCUT2D eigenvalue weighted by Crippen LogP contribution is -2.38. The molecule has 2 aliphatic rings. The second-order valence-electron chi connectivity index (χ2n) is 6.94. The zero-order valence-corrected chi connectivity index (χ0v) is 16.1. The van der Waals surface area contributed by atoms with Gasteiger partial charge in [0.15, 0.2) is 5.16 Å². The lowest BCUT2D eigenvalue weighted by molar-refractivity contribution is -0.119. The van der Waals surface area contributed by atoms with Crippen LogP contribution in [-0.4, -0.2) is 58.8 Å². The maximum Gasteiger partial charge on any atom is 0.230 e. The van der Waals surface area contributed by atoms with Crippen LogP contribution < -0.4 is 10.2 Å². The molecule has 140 valence electrons. The van der Waals surface area contributed by atoms with Crippen molar-refractivity contribution in [2.24, 2.45) is 5.92 Å². The van der Waals surface area contributed by atoms with E-state index in [1.807, 2.05) is 0 Å². The third kappa shape index (κ3) is 4.88. The summed E-state index contributed by atoms with van der Waals surface area (Å²) < 4.78 is 7.49. The highest BCUT2D eigenvalue weighted by atomic mass is 32.2. The van der Waals surface area contributed by atoms with E-state index in [1.54, 1.807) is 0 Å². The number of ether oxygens (including phenoxy) is 1. The predicted molar refractivity (Wildman–Crippen MR) is 99.0 cm³/mol. The summed E-state index contributed by atoms with van der Waals surface area (Å²) in [7, 11) is 0. The molecule has 8 heteroatoms. The minimum atomic E-state index is 0.100. The van der Waals surface area contributed by atoms with Crippen molar-refractivity contribution < 1.29 is 9.53 Å². The van der Waals surface area contributed by atoms with Crippen molar-refractivity contribution in [3.63, 3.8) is 0 Å². The average molecular weight is 368 g/mol. The number of morpholine rings is 1. The molecule has 0 atom stereocenters. The van der Waals surface area contributed by atoms with Crippen molar-refractivity contribution in [2.75, 3.05) is 37.0 Å². The summed E-state index contributed by atoms with van der Waals surface area (Å²) in [6.07, 6.45) is 4.63. The molecule has 1 aliphatic heterocycles. The highest BCUT2D eigenvalue weighted by Gasteiger charge is 2.22. The highest BCUT2D eigenvalue weighted by Crippen LogP contribution is 2.25. The zero-order chi connectivity index (χ0) is 17.6. The summed E-state index contributed by atoms with van der Waals surface area (Å²) in [4.78, 5) is 14.5. The molecule has 0 spiro atoms. The van der Waals surface area contributed by atoms with Crippen LogP contribution in [0.3, 0.4) is 0 Å². The van der Waals surface area contributed by atoms with Gasteiger partial charge in [-0.2, -0.15) is 0 Å². The second-order valence-corrected chi connectivity index (χ2v) is 7.88. The monoisotopic (exact) mass is 367 g/mol. The summed E-state index contributed by atoms with van der Waals surface area (Å²) >= 11 is 1.47. The Morgan fingerprint density at radius 1 is 1.24 bits per heavy atom. The number of anilines is 1. The first-order valence-corrected chi connectivity index (χ1v) is 10.3. The van der Waals surface area contributed by atoms with Crippen molar-refractivity contribution in [3.8, 4) is 0 Å². The van der Waals surface area contributed by atoms with E-state index in [1.165, 1.54) is 24.6 Å². The Bertz CT molecular complexity index is 565. The molecule has 1 saturated heterocycles. The SMILES string of the molecule is CCn1c(SCC(=O)NC2CCC(C)CC2)nnc1N1CCOCC1. The van der Waals surface area contributed by atoms with Gasteiger partial charge >= 0.3 is 0 Å². The highest BCUT2D eigenvalue weighted by molar-refractivity contribution is 7.99. The third-order valence-corrected chi connectivity index (χ3v) is 5.99. The molecule has 0 aromatic carbocycles. The van der Waals surface area contributed by atoms with E-state index in [0.29, 0.717) is 11.8 Å². The number of carbonyl (C=O) groups excluding carboxylic acids is 1. The summed E-state index contributed by atoms with van der Waals surface area (Å²) in [5, 5.41) is 12.6. The van der Waals surface area contributed by atoms with Crippen LogP contribution in [0.4, 0.5) is 5.95 Å². The standard InChI is InChI=1S/C17H29N5O2S/c1-3-22-16(21-8-10-24-11-9-21)19-20-17(22)25-12-15(23)18-14-6-4-13(2)5-7-14/h13-14H,3-12H2,1-2H3,(H,18,23). The van der Waals surface area contributed by atoms with Gasteiger partial charge in [0, 0.05) is 25.7 Å². The summed E-state index contributed by atoms with van der Waals surface area (Å²) in [5.41, 5.74) is 0. The Kier molecular flexibility index (Phi) is 6.58. The second kappa shape index (κ2) is 8.89. The number of nitrogens with zero attached hydrogens (tertiary/aromatic N) is 4. The average Bonchev–Trinajstić information content (AvgIpc) is 3.05. The molecular weight excluding hydrogens is 338 g/mol. The molecule has 1 N–H and O–H groups in total. The molecule has 1 aromatic heterocycles. The first-order valence-electron chi connectivity index (χ1n) is 9.35. The molecule has 1 aromatic rings. The molecule has 7 nitrogen and oxygen atoms in total. The Balaban J connectivity index is 1.52. The van der Waals surface area contributed by atoms with E-state index in [0.717, 1.165) is 62.7 Å². The maximum absolute atomic E-state index is 12.3. The third-order valence-electron chi connectivity index (χ3n) is 5.02. The van der Waals surface area contributed by atoms with Gasteiger partial charge < -0.3 is 15.0 Å². The molecule has 25 heavy (non-hydrogen) atoms. The molecule has 2 fully saturated rings. The van der Waals surface area contributed by atoms with Crippen LogP contribution in [0, 0.1) is 5.92 Å². The minimum Gasteiger partial charge on any atom is -0.378 e.